The van der Waals surface area contributed by atoms with Crippen molar-refractivity contribution in [3.8, 4) is 0 Å². The molecule has 0 aromatic heterocycles. The molecular weight excluding hydrogens is 354 g/mol. The minimum absolute atomic E-state index is 0.320. The van der Waals surface area contributed by atoms with E-state index in [0.717, 1.165) is 38.4 Å². The van der Waals surface area contributed by atoms with Crippen LogP contribution in [-0.4, -0.2) is 11.4 Å². The summed E-state index contributed by atoms with van der Waals surface area (Å²) in [5.74, 6) is 5.72. The Bertz CT molecular complexity index is 1360. The SMILES string of the molecule is N=C1C=C(c2cccc3ccccc23)C=C(c2cccc3ccccc23)/C1=N/N. The highest BCUT2D eigenvalue weighted by Crippen LogP contribution is 2.34. The first-order chi connectivity index (χ1) is 14.3. The molecule has 0 aliphatic heterocycles. The molecule has 0 amide bonds. The summed E-state index contributed by atoms with van der Waals surface area (Å²) >= 11 is 0. The Balaban J connectivity index is 1.77. The van der Waals surface area contributed by atoms with Crippen LogP contribution in [0.15, 0.2) is 102 Å². The van der Waals surface area contributed by atoms with Crippen LogP contribution in [0, 0.1) is 5.41 Å². The molecule has 0 atom stereocenters. The lowest BCUT2D eigenvalue weighted by molar-refractivity contribution is 1.26. The van der Waals surface area contributed by atoms with E-state index in [1.54, 1.807) is 0 Å². The first-order valence-corrected chi connectivity index (χ1v) is 9.53. The van der Waals surface area contributed by atoms with Gasteiger partial charge in [-0.1, -0.05) is 84.9 Å². The molecule has 5 rings (SSSR count). The van der Waals surface area contributed by atoms with Crippen molar-refractivity contribution >= 4 is 44.1 Å². The number of hydrogen-bond donors (Lipinski definition) is 2. The van der Waals surface area contributed by atoms with Gasteiger partial charge in [-0.05, 0) is 50.4 Å². The molecule has 3 N–H and O–H groups in total. The Morgan fingerprint density at radius 3 is 1.83 bits per heavy atom. The summed E-state index contributed by atoms with van der Waals surface area (Å²) < 4.78 is 0. The summed E-state index contributed by atoms with van der Waals surface area (Å²) in [5.41, 5.74) is 4.82. The van der Waals surface area contributed by atoms with Crippen LogP contribution in [-0.2, 0) is 0 Å². The number of nitrogens with one attached hydrogen (secondary N) is 1. The molecule has 0 spiro atoms. The number of allylic oxidation sites excluding steroid dienone is 4. The molecule has 29 heavy (non-hydrogen) atoms. The second-order valence-corrected chi connectivity index (χ2v) is 7.10. The number of rotatable bonds is 2. The van der Waals surface area contributed by atoms with E-state index in [2.05, 4.69) is 65.8 Å². The molecule has 4 aromatic rings. The molecule has 3 nitrogen and oxygen atoms in total. The maximum atomic E-state index is 8.59. The number of benzene rings is 4. The molecule has 0 fully saturated rings. The van der Waals surface area contributed by atoms with Gasteiger partial charge in [0.2, 0.25) is 0 Å². The standard InChI is InChI=1S/C26H19N3/c27-25-16-19(22-13-5-9-17-7-1-3-11-20(17)22)15-24(26(25)29-28)23-14-6-10-18-8-2-4-12-21(18)23/h1-16,27H,28H2/b27-25?,29-26-. The maximum absolute atomic E-state index is 8.59. The van der Waals surface area contributed by atoms with Crippen molar-refractivity contribution in [1.82, 2.24) is 0 Å². The summed E-state index contributed by atoms with van der Waals surface area (Å²) in [6.45, 7) is 0. The monoisotopic (exact) mass is 373 g/mol. The molecular formula is C26H19N3. The van der Waals surface area contributed by atoms with Crippen molar-refractivity contribution in [1.29, 1.82) is 5.41 Å². The second kappa shape index (κ2) is 6.88. The smallest absolute Gasteiger partial charge is 0.115 e. The van der Waals surface area contributed by atoms with Crippen LogP contribution < -0.4 is 5.84 Å². The average molecular weight is 373 g/mol. The molecule has 1 aliphatic carbocycles. The third-order valence-corrected chi connectivity index (χ3v) is 5.42. The second-order valence-electron chi connectivity index (χ2n) is 7.10. The molecule has 0 bridgehead atoms. The molecule has 0 unspecified atom stereocenters. The largest absolute Gasteiger partial charge is 0.323 e. The molecule has 0 heterocycles. The minimum Gasteiger partial charge on any atom is -0.323 e. The third kappa shape index (κ3) is 2.84. The van der Waals surface area contributed by atoms with Crippen LogP contribution in [0.5, 0.6) is 0 Å². The maximum Gasteiger partial charge on any atom is 0.115 e. The number of nitrogens with zero attached hydrogens (tertiary/aromatic N) is 1. The third-order valence-electron chi connectivity index (χ3n) is 5.42. The van der Waals surface area contributed by atoms with Gasteiger partial charge in [-0.2, -0.15) is 5.10 Å². The van der Waals surface area contributed by atoms with Crippen molar-refractivity contribution in [2.24, 2.45) is 10.9 Å². The highest BCUT2D eigenvalue weighted by molar-refractivity contribution is 6.63. The normalized spacial score (nSPS) is 15.6. The van der Waals surface area contributed by atoms with Gasteiger partial charge in [-0.15, -0.1) is 0 Å². The van der Waals surface area contributed by atoms with E-state index in [9.17, 15) is 0 Å². The van der Waals surface area contributed by atoms with Gasteiger partial charge in [0, 0.05) is 5.57 Å². The minimum atomic E-state index is 0.320. The Morgan fingerprint density at radius 1 is 0.621 bits per heavy atom. The average Bonchev–Trinajstić information content (AvgIpc) is 2.78. The van der Waals surface area contributed by atoms with E-state index >= 15 is 0 Å². The van der Waals surface area contributed by atoms with E-state index in [1.165, 1.54) is 5.39 Å². The van der Waals surface area contributed by atoms with Crippen molar-refractivity contribution in [2.75, 3.05) is 0 Å². The quantitative estimate of drug-likeness (QED) is 0.260. The predicted octanol–water partition coefficient (Wildman–Crippen LogP) is 5.81. The molecule has 1 aliphatic rings. The van der Waals surface area contributed by atoms with Crippen LogP contribution in [0.2, 0.25) is 0 Å². The fourth-order valence-corrected chi connectivity index (χ4v) is 4.07. The topological polar surface area (TPSA) is 62.2 Å². The van der Waals surface area contributed by atoms with Crippen LogP contribution in [0.1, 0.15) is 11.1 Å². The van der Waals surface area contributed by atoms with Crippen molar-refractivity contribution in [2.45, 2.75) is 0 Å². The number of hydrogen-bond acceptors (Lipinski definition) is 3. The Morgan fingerprint density at radius 2 is 1.17 bits per heavy atom. The van der Waals surface area contributed by atoms with Gasteiger partial charge in [0.1, 0.15) is 5.71 Å². The van der Waals surface area contributed by atoms with Crippen molar-refractivity contribution in [3.63, 3.8) is 0 Å². The Labute approximate surface area is 169 Å². The zero-order valence-electron chi connectivity index (χ0n) is 15.8. The van der Waals surface area contributed by atoms with Crippen LogP contribution in [0.25, 0.3) is 32.7 Å². The van der Waals surface area contributed by atoms with Gasteiger partial charge in [-0.25, -0.2) is 0 Å². The van der Waals surface area contributed by atoms with Crippen molar-refractivity contribution in [3.05, 3.63) is 108 Å². The van der Waals surface area contributed by atoms with Crippen molar-refractivity contribution < 1.29 is 0 Å². The van der Waals surface area contributed by atoms with Gasteiger partial charge < -0.3 is 5.84 Å². The molecule has 0 saturated carbocycles. The first kappa shape index (κ1) is 17.1. The van der Waals surface area contributed by atoms with E-state index in [4.69, 9.17) is 11.3 Å². The highest BCUT2D eigenvalue weighted by atomic mass is 15.1. The zero-order valence-corrected chi connectivity index (χ0v) is 15.8. The van der Waals surface area contributed by atoms with Crippen LogP contribution >= 0.6 is 0 Å². The fourth-order valence-electron chi connectivity index (χ4n) is 4.07. The summed E-state index contributed by atoms with van der Waals surface area (Å²) in [6.07, 6.45) is 3.95. The number of fused-ring (bicyclic) bond motifs is 2. The van der Waals surface area contributed by atoms with Gasteiger partial charge in [0.25, 0.3) is 0 Å². The predicted molar refractivity (Wildman–Crippen MR) is 123 cm³/mol. The van der Waals surface area contributed by atoms with Gasteiger partial charge in [0.05, 0.1) is 5.71 Å². The highest BCUT2D eigenvalue weighted by Gasteiger charge is 2.22. The Hall–Kier alpha value is -3.98. The van der Waals surface area contributed by atoms with Gasteiger partial charge in [-0.3, -0.25) is 5.41 Å². The summed E-state index contributed by atoms with van der Waals surface area (Å²) in [7, 11) is 0. The number of nitrogens with two attached hydrogens (primary N) is 1. The lowest BCUT2D eigenvalue weighted by Gasteiger charge is -2.19. The van der Waals surface area contributed by atoms with E-state index in [0.29, 0.717) is 11.4 Å². The first-order valence-electron chi connectivity index (χ1n) is 9.53. The van der Waals surface area contributed by atoms with E-state index in [-0.39, 0.29) is 0 Å². The van der Waals surface area contributed by atoms with E-state index < -0.39 is 0 Å². The summed E-state index contributed by atoms with van der Waals surface area (Å²) in [5, 5.41) is 17.2. The molecule has 3 heteroatoms. The molecule has 0 radical (unpaired) electrons. The summed E-state index contributed by atoms with van der Waals surface area (Å²) in [4.78, 5) is 0. The molecule has 138 valence electrons. The fraction of sp³-hybridized carbons (Fsp3) is 0. The van der Waals surface area contributed by atoms with Gasteiger partial charge >= 0.3 is 0 Å². The lowest BCUT2D eigenvalue weighted by Crippen LogP contribution is -2.19. The van der Waals surface area contributed by atoms with Crippen LogP contribution in [0.3, 0.4) is 0 Å². The number of hydrazone groups is 1. The molecule has 4 aromatic carbocycles. The summed E-state index contributed by atoms with van der Waals surface area (Å²) in [6, 6.07) is 29.0. The Kier molecular flexibility index (Phi) is 4.07. The van der Waals surface area contributed by atoms with Gasteiger partial charge in [0.15, 0.2) is 0 Å². The molecule has 0 saturated heterocycles. The van der Waals surface area contributed by atoms with Crippen LogP contribution in [0.4, 0.5) is 0 Å². The lowest BCUT2D eigenvalue weighted by atomic mass is 9.85. The van der Waals surface area contributed by atoms with E-state index in [1.807, 2.05) is 36.4 Å². The zero-order chi connectivity index (χ0) is 19.8.